The molecule has 5 nitrogen and oxygen atoms in total. The van der Waals surface area contributed by atoms with Crippen LogP contribution in [0.5, 0.6) is 5.88 Å². The Labute approximate surface area is 113 Å². The van der Waals surface area contributed by atoms with Crippen LogP contribution >= 0.6 is 0 Å². The minimum atomic E-state index is -0.111. The number of hydrogen-bond acceptors (Lipinski definition) is 4. The molecule has 2 atom stereocenters. The predicted molar refractivity (Wildman–Crippen MR) is 74.2 cm³/mol. The molecule has 5 heteroatoms. The van der Waals surface area contributed by atoms with Crippen molar-refractivity contribution in [3.8, 4) is 5.88 Å². The van der Waals surface area contributed by atoms with Gasteiger partial charge in [0.25, 0.3) is 0 Å². The Hall–Kier alpha value is -1.62. The first-order valence-electron chi connectivity index (χ1n) is 6.84. The van der Waals surface area contributed by atoms with Crippen molar-refractivity contribution in [2.24, 2.45) is 5.92 Å². The van der Waals surface area contributed by atoms with Crippen molar-refractivity contribution in [3.63, 3.8) is 0 Å². The number of pyridine rings is 1. The summed E-state index contributed by atoms with van der Waals surface area (Å²) in [6.45, 7) is 5.51. The quantitative estimate of drug-likeness (QED) is 0.869. The van der Waals surface area contributed by atoms with Gasteiger partial charge in [0.2, 0.25) is 11.8 Å². The number of anilines is 1. The zero-order valence-corrected chi connectivity index (χ0v) is 11.5. The third kappa shape index (κ3) is 3.67. The van der Waals surface area contributed by atoms with Crippen LogP contribution in [0.1, 0.15) is 26.7 Å². The Bertz CT molecular complexity index is 419. The molecule has 19 heavy (non-hydrogen) atoms. The van der Waals surface area contributed by atoms with Crippen molar-refractivity contribution in [2.75, 3.05) is 18.5 Å². The van der Waals surface area contributed by atoms with E-state index < -0.39 is 0 Å². The van der Waals surface area contributed by atoms with Gasteiger partial charge >= 0.3 is 0 Å². The number of aromatic nitrogens is 1. The zero-order valence-electron chi connectivity index (χ0n) is 11.5. The first kappa shape index (κ1) is 13.8. The molecule has 0 saturated carbocycles. The van der Waals surface area contributed by atoms with E-state index in [-0.39, 0.29) is 11.9 Å². The van der Waals surface area contributed by atoms with Gasteiger partial charge in [0.15, 0.2) is 0 Å². The van der Waals surface area contributed by atoms with Crippen LogP contribution < -0.4 is 15.4 Å². The number of hydrogen-bond donors (Lipinski definition) is 2. The summed E-state index contributed by atoms with van der Waals surface area (Å²) in [6, 6.07) is 3.46. The number of piperidine rings is 1. The molecular weight excluding hydrogens is 242 g/mol. The fourth-order valence-electron chi connectivity index (χ4n) is 2.31. The van der Waals surface area contributed by atoms with E-state index in [0.29, 0.717) is 24.1 Å². The molecule has 1 aromatic rings. The van der Waals surface area contributed by atoms with Crippen molar-refractivity contribution < 1.29 is 9.53 Å². The number of rotatable bonds is 4. The SMILES string of the molecule is CCOc1ccc(NC(=O)C2NCCCC2C)cn1. The number of nitrogens with one attached hydrogen (secondary N) is 2. The molecule has 2 N–H and O–H groups in total. The molecule has 1 aliphatic heterocycles. The number of amides is 1. The molecular formula is C14H21N3O2. The van der Waals surface area contributed by atoms with Crippen LogP contribution in [0.4, 0.5) is 5.69 Å². The highest BCUT2D eigenvalue weighted by molar-refractivity contribution is 5.95. The Morgan fingerprint density at radius 2 is 2.42 bits per heavy atom. The number of nitrogens with zero attached hydrogens (tertiary/aromatic N) is 1. The van der Waals surface area contributed by atoms with Gasteiger partial charge in [-0.3, -0.25) is 4.79 Å². The Balaban J connectivity index is 1.94. The predicted octanol–water partition coefficient (Wildman–Crippen LogP) is 1.81. The largest absolute Gasteiger partial charge is 0.478 e. The average molecular weight is 263 g/mol. The van der Waals surface area contributed by atoms with Crippen LogP contribution in [0.15, 0.2) is 18.3 Å². The summed E-state index contributed by atoms with van der Waals surface area (Å²) >= 11 is 0. The lowest BCUT2D eigenvalue weighted by molar-refractivity contribution is -0.119. The Morgan fingerprint density at radius 1 is 1.58 bits per heavy atom. The van der Waals surface area contributed by atoms with E-state index in [0.717, 1.165) is 19.4 Å². The van der Waals surface area contributed by atoms with Gasteiger partial charge in [-0.05, 0) is 38.3 Å². The molecule has 0 radical (unpaired) electrons. The third-order valence-electron chi connectivity index (χ3n) is 3.35. The second kappa shape index (κ2) is 6.52. The Morgan fingerprint density at radius 3 is 3.05 bits per heavy atom. The van der Waals surface area contributed by atoms with Crippen LogP contribution in [0.3, 0.4) is 0 Å². The summed E-state index contributed by atoms with van der Waals surface area (Å²) in [6.07, 6.45) is 3.85. The molecule has 0 spiro atoms. The van der Waals surface area contributed by atoms with Gasteiger partial charge in [-0.25, -0.2) is 4.98 Å². The van der Waals surface area contributed by atoms with Crippen LogP contribution in [-0.2, 0) is 4.79 Å². The zero-order chi connectivity index (χ0) is 13.7. The summed E-state index contributed by atoms with van der Waals surface area (Å²) in [4.78, 5) is 16.3. The smallest absolute Gasteiger partial charge is 0.241 e. The number of carbonyl (C=O) groups excluding carboxylic acids is 1. The molecule has 0 aromatic carbocycles. The van der Waals surface area contributed by atoms with Crippen molar-refractivity contribution in [3.05, 3.63) is 18.3 Å². The van der Waals surface area contributed by atoms with Crippen LogP contribution in [0.25, 0.3) is 0 Å². The van der Waals surface area contributed by atoms with Crippen molar-refractivity contribution >= 4 is 11.6 Å². The van der Waals surface area contributed by atoms with E-state index in [1.54, 1.807) is 12.3 Å². The number of ether oxygens (including phenoxy) is 1. The van der Waals surface area contributed by atoms with Gasteiger partial charge in [-0.15, -0.1) is 0 Å². The fraction of sp³-hybridized carbons (Fsp3) is 0.571. The first-order chi connectivity index (χ1) is 9.20. The monoisotopic (exact) mass is 263 g/mol. The van der Waals surface area contributed by atoms with Gasteiger partial charge in [-0.1, -0.05) is 6.92 Å². The van der Waals surface area contributed by atoms with Gasteiger partial charge < -0.3 is 15.4 Å². The van der Waals surface area contributed by atoms with Crippen LogP contribution in [-0.4, -0.2) is 30.1 Å². The number of carbonyl (C=O) groups is 1. The van der Waals surface area contributed by atoms with Gasteiger partial charge in [0.05, 0.1) is 24.5 Å². The van der Waals surface area contributed by atoms with E-state index in [1.165, 1.54) is 0 Å². The second-order valence-electron chi connectivity index (χ2n) is 4.86. The highest BCUT2D eigenvalue weighted by Gasteiger charge is 2.27. The lowest BCUT2D eigenvalue weighted by Crippen LogP contribution is -2.48. The maximum Gasteiger partial charge on any atom is 0.241 e. The maximum atomic E-state index is 12.2. The average Bonchev–Trinajstić information content (AvgIpc) is 2.42. The van der Waals surface area contributed by atoms with E-state index in [1.807, 2.05) is 13.0 Å². The molecule has 1 aliphatic rings. The molecule has 1 amide bonds. The molecule has 1 aromatic heterocycles. The Kier molecular flexibility index (Phi) is 4.74. The van der Waals surface area contributed by atoms with Crippen LogP contribution in [0.2, 0.25) is 0 Å². The first-order valence-corrected chi connectivity index (χ1v) is 6.84. The van der Waals surface area contributed by atoms with Crippen LogP contribution in [0, 0.1) is 5.92 Å². The van der Waals surface area contributed by atoms with Gasteiger partial charge in [0, 0.05) is 6.07 Å². The highest BCUT2D eigenvalue weighted by Crippen LogP contribution is 2.18. The summed E-state index contributed by atoms with van der Waals surface area (Å²) < 4.78 is 5.26. The van der Waals surface area contributed by atoms with E-state index >= 15 is 0 Å². The highest BCUT2D eigenvalue weighted by atomic mass is 16.5. The molecule has 2 rings (SSSR count). The standard InChI is InChI=1S/C14H21N3O2/c1-3-19-12-7-6-11(9-16-12)17-14(18)13-10(2)5-4-8-15-13/h6-7,9-10,13,15H,3-5,8H2,1-2H3,(H,17,18). The van der Waals surface area contributed by atoms with E-state index in [9.17, 15) is 4.79 Å². The molecule has 104 valence electrons. The van der Waals surface area contributed by atoms with E-state index in [2.05, 4.69) is 22.5 Å². The minimum absolute atomic E-state index is 0.0122. The summed E-state index contributed by atoms with van der Waals surface area (Å²) in [7, 11) is 0. The summed E-state index contributed by atoms with van der Waals surface area (Å²) in [5.74, 6) is 0.951. The van der Waals surface area contributed by atoms with Crippen molar-refractivity contribution in [1.82, 2.24) is 10.3 Å². The molecule has 2 heterocycles. The lowest BCUT2D eigenvalue weighted by Gasteiger charge is -2.28. The second-order valence-corrected chi connectivity index (χ2v) is 4.86. The van der Waals surface area contributed by atoms with Gasteiger partial charge in [0.1, 0.15) is 0 Å². The summed E-state index contributed by atoms with van der Waals surface area (Å²) in [5, 5.41) is 6.16. The van der Waals surface area contributed by atoms with Gasteiger partial charge in [-0.2, -0.15) is 0 Å². The van der Waals surface area contributed by atoms with Crippen molar-refractivity contribution in [1.29, 1.82) is 0 Å². The van der Waals surface area contributed by atoms with E-state index in [4.69, 9.17) is 4.74 Å². The maximum absolute atomic E-state index is 12.2. The summed E-state index contributed by atoms with van der Waals surface area (Å²) in [5.41, 5.74) is 0.702. The minimum Gasteiger partial charge on any atom is -0.478 e. The molecule has 0 aliphatic carbocycles. The molecule has 0 bridgehead atoms. The fourth-order valence-corrected chi connectivity index (χ4v) is 2.31. The molecule has 2 unspecified atom stereocenters. The van der Waals surface area contributed by atoms with Crippen molar-refractivity contribution in [2.45, 2.75) is 32.7 Å². The lowest BCUT2D eigenvalue weighted by atomic mass is 9.92. The normalized spacial score (nSPS) is 22.8. The molecule has 1 saturated heterocycles. The third-order valence-corrected chi connectivity index (χ3v) is 3.35. The molecule has 1 fully saturated rings. The topological polar surface area (TPSA) is 63.2 Å².